The molecule has 1 unspecified atom stereocenters. The molecule has 142 valence electrons. The zero-order chi connectivity index (χ0) is 19.9. The van der Waals surface area contributed by atoms with Gasteiger partial charge < -0.3 is 10.2 Å². The molecule has 2 aromatic rings. The Morgan fingerprint density at radius 3 is 2.82 bits per heavy atom. The third kappa shape index (κ3) is 3.02. The van der Waals surface area contributed by atoms with Crippen LogP contribution in [0.3, 0.4) is 0 Å². The highest BCUT2D eigenvalue weighted by Crippen LogP contribution is 2.28. The van der Waals surface area contributed by atoms with Crippen LogP contribution in [0.2, 0.25) is 0 Å². The lowest BCUT2D eigenvalue weighted by Gasteiger charge is -2.29. The van der Waals surface area contributed by atoms with Gasteiger partial charge in [-0.25, -0.2) is 9.18 Å². The Hall–Kier alpha value is -3.55. The molecule has 1 atom stereocenters. The monoisotopic (exact) mass is 380 g/mol. The second kappa shape index (κ2) is 6.56. The summed E-state index contributed by atoms with van der Waals surface area (Å²) in [6, 6.07) is 7.01. The van der Waals surface area contributed by atoms with E-state index in [2.05, 4.69) is 15.6 Å². The number of nitrogens with zero attached hydrogens (tertiary/aromatic N) is 2. The first kappa shape index (κ1) is 17.8. The SMILES string of the molecule is C/C(=C/C1(CN2Cc3ccc(F)cc3C2=O)NC(=O)NC1=O)c1cccnc1. The van der Waals surface area contributed by atoms with E-state index in [4.69, 9.17) is 0 Å². The van der Waals surface area contributed by atoms with Crippen LogP contribution < -0.4 is 10.6 Å². The van der Waals surface area contributed by atoms with Crippen molar-refractivity contribution < 1.29 is 18.8 Å². The van der Waals surface area contributed by atoms with E-state index in [9.17, 15) is 18.8 Å². The molecular formula is C20H17FN4O3. The summed E-state index contributed by atoms with van der Waals surface area (Å²) in [4.78, 5) is 42.7. The molecule has 1 aromatic carbocycles. The maximum Gasteiger partial charge on any atom is 0.322 e. The standard InChI is InChI=1S/C20H17FN4O3/c1-12(13-3-2-6-22-9-13)8-20(18(27)23-19(28)24-20)11-25-10-14-4-5-15(21)7-16(14)17(25)26/h2-9H,10-11H2,1H3,(H2,23,24,27,28)/b12-8-. The number of hydrogen-bond acceptors (Lipinski definition) is 4. The lowest BCUT2D eigenvalue weighted by molar-refractivity contribution is -0.122. The van der Waals surface area contributed by atoms with Crippen LogP contribution in [-0.2, 0) is 11.3 Å². The molecular weight excluding hydrogens is 363 g/mol. The van der Waals surface area contributed by atoms with Gasteiger partial charge in [0.15, 0.2) is 5.54 Å². The van der Waals surface area contributed by atoms with Gasteiger partial charge in [-0.05, 0) is 47.9 Å². The van der Waals surface area contributed by atoms with Gasteiger partial charge in [-0.1, -0.05) is 12.1 Å². The molecule has 2 N–H and O–H groups in total. The Balaban J connectivity index is 1.68. The smallest absolute Gasteiger partial charge is 0.322 e. The minimum atomic E-state index is -1.42. The lowest BCUT2D eigenvalue weighted by atomic mass is 9.93. The van der Waals surface area contributed by atoms with Crippen molar-refractivity contribution in [2.75, 3.05) is 6.54 Å². The Morgan fingerprint density at radius 2 is 2.14 bits per heavy atom. The molecule has 0 bridgehead atoms. The lowest BCUT2D eigenvalue weighted by Crippen LogP contribution is -2.54. The molecule has 28 heavy (non-hydrogen) atoms. The predicted octanol–water partition coefficient (Wildman–Crippen LogP) is 1.86. The molecule has 0 aliphatic carbocycles. The molecule has 4 rings (SSSR count). The predicted molar refractivity (Wildman–Crippen MR) is 98.4 cm³/mol. The van der Waals surface area contributed by atoms with Gasteiger partial charge in [0.05, 0.1) is 6.54 Å². The van der Waals surface area contributed by atoms with E-state index in [0.717, 1.165) is 11.1 Å². The highest BCUT2D eigenvalue weighted by molar-refractivity contribution is 6.10. The van der Waals surface area contributed by atoms with Crippen molar-refractivity contribution >= 4 is 23.4 Å². The van der Waals surface area contributed by atoms with Gasteiger partial charge in [0, 0.05) is 24.5 Å². The fraction of sp³-hybridized carbons (Fsp3) is 0.200. The number of halogens is 1. The normalized spacial score (nSPS) is 21.6. The Labute approximate surface area is 160 Å². The summed E-state index contributed by atoms with van der Waals surface area (Å²) in [5.74, 6) is -1.42. The molecule has 4 amide bonds. The number of carbonyl (C=O) groups is 3. The summed E-state index contributed by atoms with van der Waals surface area (Å²) in [6.45, 7) is 1.96. The number of hydrogen-bond donors (Lipinski definition) is 2. The summed E-state index contributed by atoms with van der Waals surface area (Å²) in [7, 11) is 0. The summed E-state index contributed by atoms with van der Waals surface area (Å²) in [5, 5.41) is 4.88. The van der Waals surface area contributed by atoms with Crippen molar-refractivity contribution in [1.82, 2.24) is 20.5 Å². The van der Waals surface area contributed by atoms with E-state index >= 15 is 0 Å². The van der Waals surface area contributed by atoms with Crippen molar-refractivity contribution in [3.05, 3.63) is 71.3 Å². The van der Waals surface area contributed by atoms with Gasteiger partial charge in [0.1, 0.15) is 5.82 Å². The second-order valence-corrected chi connectivity index (χ2v) is 6.91. The van der Waals surface area contributed by atoms with E-state index < -0.39 is 23.3 Å². The van der Waals surface area contributed by atoms with E-state index in [1.165, 1.54) is 17.0 Å². The van der Waals surface area contributed by atoms with Gasteiger partial charge in [0.25, 0.3) is 11.8 Å². The highest BCUT2D eigenvalue weighted by atomic mass is 19.1. The molecule has 7 nitrogen and oxygen atoms in total. The molecule has 0 radical (unpaired) electrons. The fourth-order valence-corrected chi connectivity index (χ4v) is 3.57. The number of amides is 4. The van der Waals surface area contributed by atoms with E-state index in [1.54, 1.807) is 37.5 Å². The number of carbonyl (C=O) groups excluding carboxylic acids is 3. The zero-order valence-electron chi connectivity index (χ0n) is 15.0. The number of urea groups is 1. The number of allylic oxidation sites excluding steroid dienone is 1. The number of rotatable bonds is 4. The van der Waals surface area contributed by atoms with E-state index in [1.807, 2.05) is 6.07 Å². The van der Waals surface area contributed by atoms with Gasteiger partial charge in [0.2, 0.25) is 0 Å². The number of imide groups is 1. The van der Waals surface area contributed by atoms with Crippen molar-refractivity contribution in [2.24, 2.45) is 0 Å². The number of pyridine rings is 1. The van der Waals surface area contributed by atoms with Gasteiger partial charge in [-0.2, -0.15) is 0 Å². The van der Waals surface area contributed by atoms with Crippen molar-refractivity contribution in [2.45, 2.75) is 19.0 Å². The van der Waals surface area contributed by atoms with Crippen LogP contribution in [0.25, 0.3) is 5.57 Å². The minimum Gasteiger partial charge on any atom is -0.331 e. The minimum absolute atomic E-state index is 0.0721. The first-order valence-corrected chi connectivity index (χ1v) is 8.69. The molecule has 2 aliphatic rings. The molecule has 0 saturated carbocycles. The first-order chi connectivity index (χ1) is 13.4. The van der Waals surface area contributed by atoms with Crippen molar-refractivity contribution in [1.29, 1.82) is 0 Å². The average molecular weight is 380 g/mol. The molecule has 0 spiro atoms. The second-order valence-electron chi connectivity index (χ2n) is 6.91. The average Bonchev–Trinajstić information content (AvgIpc) is 3.12. The van der Waals surface area contributed by atoms with Gasteiger partial charge >= 0.3 is 6.03 Å². The zero-order valence-corrected chi connectivity index (χ0v) is 15.0. The Kier molecular flexibility index (Phi) is 4.18. The molecule has 1 fully saturated rings. The summed E-state index contributed by atoms with van der Waals surface area (Å²) < 4.78 is 13.5. The quantitative estimate of drug-likeness (QED) is 0.792. The summed E-state index contributed by atoms with van der Waals surface area (Å²) in [5.41, 5.74) is 1.04. The van der Waals surface area contributed by atoms with E-state index in [-0.39, 0.29) is 24.6 Å². The number of benzene rings is 1. The molecule has 2 aliphatic heterocycles. The third-order valence-corrected chi connectivity index (χ3v) is 4.94. The number of nitrogens with one attached hydrogen (secondary N) is 2. The maximum absolute atomic E-state index is 13.5. The number of aromatic nitrogens is 1. The van der Waals surface area contributed by atoms with Crippen LogP contribution in [0.15, 0.2) is 48.8 Å². The summed E-state index contributed by atoms with van der Waals surface area (Å²) in [6.07, 6.45) is 4.91. The molecule has 1 saturated heterocycles. The van der Waals surface area contributed by atoms with Gasteiger partial charge in [-0.15, -0.1) is 0 Å². The first-order valence-electron chi connectivity index (χ1n) is 8.69. The Morgan fingerprint density at radius 1 is 1.32 bits per heavy atom. The van der Waals surface area contributed by atoms with Crippen LogP contribution in [0.4, 0.5) is 9.18 Å². The van der Waals surface area contributed by atoms with Crippen LogP contribution in [0, 0.1) is 5.82 Å². The highest BCUT2D eigenvalue weighted by Gasteiger charge is 2.47. The topological polar surface area (TPSA) is 91.4 Å². The third-order valence-electron chi connectivity index (χ3n) is 4.94. The van der Waals surface area contributed by atoms with Crippen LogP contribution >= 0.6 is 0 Å². The van der Waals surface area contributed by atoms with Crippen molar-refractivity contribution in [3.63, 3.8) is 0 Å². The molecule has 1 aromatic heterocycles. The Bertz CT molecular complexity index is 1020. The number of fused-ring (bicyclic) bond motifs is 1. The van der Waals surface area contributed by atoms with Gasteiger partial charge in [-0.3, -0.25) is 19.9 Å². The van der Waals surface area contributed by atoms with Crippen LogP contribution in [0.1, 0.15) is 28.4 Å². The van der Waals surface area contributed by atoms with Crippen LogP contribution in [0.5, 0.6) is 0 Å². The van der Waals surface area contributed by atoms with Crippen LogP contribution in [-0.4, -0.2) is 39.8 Å². The molecule has 3 heterocycles. The maximum atomic E-state index is 13.5. The summed E-state index contributed by atoms with van der Waals surface area (Å²) >= 11 is 0. The van der Waals surface area contributed by atoms with Crippen molar-refractivity contribution in [3.8, 4) is 0 Å². The molecule has 8 heteroatoms. The largest absolute Gasteiger partial charge is 0.331 e. The van der Waals surface area contributed by atoms with E-state index in [0.29, 0.717) is 5.56 Å². The fourth-order valence-electron chi connectivity index (χ4n) is 3.57.